The maximum atomic E-state index is 12.5. The van der Waals surface area contributed by atoms with Gasteiger partial charge in [-0.25, -0.2) is 0 Å². The Bertz CT molecular complexity index is 528. The first-order valence-electron chi connectivity index (χ1n) is 6.97. The van der Waals surface area contributed by atoms with Crippen molar-refractivity contribution in [2.75, 3.05) is 0 Å². The molecule has 0 radical (unpaired) electrons. The molecule has 5 heteroatoms. The van der Waals surface area contributed by atoms with Crippen LogP contribution in [0.1, 0.15) is 31.2 Å². The van der Waals surface area contributed by atoms with Gasteiger partial charge in [-0.05, 0) is 30.9 Å². The lowest BCUT2D eigenvalue weighted by atomic mass is 9.97. The largest absolute Gasteiger partial charge is 0.391 e. The maximum absolute atomic E-state index is 12.5. The van der Waals surface area contributed by atoms with E-state index in [0.29, 0.717) is 4.99 Å². The van der Waals surface area contributed by atoms with Crippen LogP contribution in [0.25, 0.3) is 0 Å². The summed E-state index contributed by atoms with van der Waals surface area (Å²) in [5.74, 6) is 0.0703. The second-order valence-electron chi connectivity index (χ2n) is 5.56. The van der Waals surface area contributed by atoms with Crippen LogP contribution in [0.15, 0.2) is 29.2 Å². The van der Waals surface area contributed by atoms with Crippen LogP contribution < -0.4 is 11.1 Å². The van der Waals surface area contributed by atoms with Crippen LogP contribution in [0.2, 0.25) is 0 Å². The summed E-state index contributed by atoms with van der Waals surface area (Å²) in [4.78, 5) is 14.2. The molecule has 1 atom stereocenters. The lowest BCUT2D eigenvalue weighted by molar-refractivity contribution is -0.121. The first kappa shape index (κ1) is 13.9. The summed E-state index contributed by atoms with van der Waals surface area (Å²) in [6.07, 6.45) is 4.70. The number of nitrogens with two attached hydrogens (primary N) is 1. The molecule has 1 aliphatic heterocycles. The van der Waals surface area contributed by atoms with Crippen molar-refractivity contribution in [1.82, 2.24) is 5.32 Å². The molecule has 3 nitrogen and oxygen atoms in total. The highest BCUT2D eigenvalue weighted by atomic mass is 32.2. The molecule has 1 saturated carbocycles. The van der Waals surface area contributed by atoms with Gasteiger partial charge in [-0.15, -0.1) is 11.8 Å². The number of thiocarbonyl (C=S) groups is 1. The number of thioether (sulfide) groups is 1. The number of hydrogen-bond acceptors (Lipinski definition) is 3. The normalized spacial score (nSPS) is 23.3. The highest BCUT2D eigenvalue weighted by Gasteiger charge is 2.40. The quantitative estimate of drug-likeness (QED) is 0.842. The van der Waals surface area contributed by atoms with E-state index in [0.717, 1.165) is 32.1 Å². The van der Waals surface area contributed by atoms with Crippen molar-refractivity contribution < 1.29 is 4.79 Å². The Morgan fingerprint density at radius 1 is 1.35 bits per heavy atom. The summed E-state index contributed by atoms with van der Waals surface area (Å²) in [7, 11) is 0. The number of amides is 1. The van der Waals surface area contributed by atoms with E-state index < -0.39 is 5.54 Å². The van der Waals surface area contributed by atoms with Crippen molar-refractivity contribution in [3.05, 3.63) is 29.8 Å². The summed E-state index contributed by atoms with van der Waals surface area (Å²) in [5, 5.41) is 3.09. The Hall–Kier alpha value is -1.07. The number of carbonyl (C=O) groups excluding carboxylic acids is 1. The van der Waals surface area contributed by atoms with E-state index in [1.807, 2.05) is 12.1 Å². The molecule has 1 amide bonds. The summed E-state index contributed by atoms with van der Waals surface area (Å²) in [5.41, 5.74) is 6.69. The lowest BCUT2D eigenvalue weighted by Gasteiger charge is -2.30. The number of rotatable bonds is 3. The van der Waals surface area contributed by atoms with E-state index in [9.17, 15) is 4.79 Å². The Morgan fingerprint density at radius 3 is 2.70 bits per heavy atom. The molecular weight excluding hydrogens is 288 g/mol. The molecule has 0 saturated heterocycles. The average Bonchev–Trinajstić information content (AvgIpc) is 3.05. The second kappa shape index (κ2) is 5.37. The predicted octanol–water partition coefficient (Wildman–Crippen LogP) is 2.42. The summed E-state index contributed by atoms with van der Waals surface area (Å²) in [6.45, 7) is 0. The van der Waals surface area contributed by atoms with Gasteiger partial charge in [0.1, 0.15) is 0 Å². The number of hydrogen-bond donors (Lipinski definition) is 2. The smallest absolute Gasteiger partial charge is 0.234 e. The molecule has 3 rings (SSSR count). The minimum absolute atomic E-state index is 0.0563. The van der Waals surface area contributed by atoms with Crippen LogP contribution in [0.4, 0.5) is 0 Å². The fraction of sp³-hybridized carbons (Fsp3) is 0.467. The monoisotopic (exact) mass is 306 g/mol. The Morgan fingerprint density at radius 2 is 2.05 bits per heavy atom. The molecule has 20 heavy (non-hydrogen) atoms. The molecule has 1 aromatic carbocycles. The van der Waals surface area contributed by atoms with E-state index in [1.165, 1.54) is 10.5 Å². The van der Waals surface area contributed by atoms with Crippen LogP contribution in [0.3, 0.4) is 0 Å². The van der Waals surface area contributed by atoms with Crippen molar-refractivity contribution in [3.63, 3.8) is 0 Å². The molecule has 0 aromatic heterocycles. The Labute approximate surface area is 128 Å². The van der Waals surface area contributed by atoms with Gasteiger partial charge in [-0.1, -0.05) is 43.3 Å². The third kappa shape index (κ3) is 2.44. The van der Waals surface area contributed by atoms with Gasteiger partial charge in [0.2, 0.25) is 5.91 Å². The van der Waals surface area contributed by atoms with E-state index in [2.05, 4.69) is 17.4 Å². The van der Waals surface area contributed by atoms with E-state index in [4.69, 9.17) is 18.0 Å². The van der Waals surface area contributed by atoms with Gasteiger partial charge < -0.3 is 11.1 Å². The maximum Gasteiger partial charge on any atom is 0.234 e. The van der Waals surface area contributed by atoms with Gasteiger partial charge in [0.05, 0.1) is 15.8 Å². The molecule has 1 aromatic rings. The SMILES string of the molecule is NC(=S)C1(NC(=O)C2Cc3ccccc3S2)CCCC1. The minimum atomic E-state index is -0.443. The first-order valence-corrected chi connectivity index (χ1v) is 8.26. The fourth-order valence-corrected chi connectivity index (χ4v) is 4.51. The third-order valence-corrected chi connectivity index (χ3v) is 5.94. The van der Waals surface area contributed by atoms with Crippen molar-refractivity contribution >= 4 is 34.9 Å². The van der Waals surface area contributed by atoms with Crippen molar-refractivity contribution in [2.45, 2.75) is 47.8 Å². The van der Waals surface area contributed by atoms with Crippen molar-refractivity contribution in [1.29, 1.82) is 0 Å². The zero-order chi connectivity index (χ0) is 14.2. The number of fused-ring (bicyclic) bond motifs is 1. The van der Waals surface area contributed by atoms with Crippen molar-refractivity contribution in [3.8, 4) is 0 Å². The second-order valence-corrected chi connectivity index (χ2v) is 7.25. The average molecular weight is 306 g/mol. The van der Waals surface area contributed by atoms with Gasteiger partial charge in [-0.3, -0.25) is 4.79 Å². The van der Waals surface area contributed by atoms with E-state index in [-0.39, 0.29) is 11.2 Å². The third-order valence-electron chi connectivity index (χ3n) is 4.23. The molecule has 0 spiro atoms. The molecule has 106 valence electrons. The lowest BCUT2D eigenvalue weighted by Crippen LogP contribution is -2.56. The van der Waals surface area contributed by atoms with Gasteiger partial charge in [0, 0.05) is 4.90 Å². The Balaban J connectivity index is 1.71. The molecule has 2 aliphatic rings. The molecular formula is C15H18N2OS2. The zero-order valence-electron chi connectivity index (χ0n) is 11.2. The Kier molecular flexibility index (Phi) is 3.73. The van der Waals surface area contributed by atoms with Gasteiger partial charge >= 0.3 is 0 Å². The van der Waals surface area contributed by atoms with E-state index in [1.54, 1.807) is 11.8 Å². The highest BCUT2D eigenvalue weighted by Crippen LogP contribution is 2.38. The molecule has 1 unspecified atom stereocenters. The summed E-state index contributed by atoms with van der Waals surface area (Å²) in [6, 6.07) is 8.20. The minimum Gasteiger partial charge on any atom is -0.391 e. The number of nitrogens with one attached hydrogen (secondary N) is 1. The van der Waals surface area contributed by atoms with Gasteiger partial charge in [-0.2, -0.15) is 0 Å². The number of carbonyl (C=O) groups is 1. The zero-order valence-corrected chi connectivity index (χ0v) is 12.9. The van der Waals surface area contributed by atoms with Crippen LogP contribution in [-0.2, 0) is 11.2 Å². The standard InChI is InChI=1S/C15H18N2OS2/c16-14(19)15(7-3-4-8-15)17-13(18)12-9-10-5-1-2-6-11(10)20-12/h1-2,5-6,12H,3-4,7-9H2,(H2,16,19)(H,17,18). The van der Waals surface area contributed by atoms with Crippen LogP contribution >= 0.6 is 24.0 Å². The van der Waals surface area contributed by atoms with Gasteiger partial charge in [0.25, 0.3) is 0 Å². The predicted molar refractivity (Wildman–Crippen MR) is 85.9 cm³/mol. The molecule has 1 aliphatic carbocycles. The molecule has 1 heterocycles. The van der Waals surface area contributed by atoms with Crippen LogP contribution in [0, 0.1) is 0 Å². The fourth-order valence-electron chi connectivity index (χ4n) is 3.06. The van der Waals surface area contributed by atoms with Crippen molar-refractivity contribution in [2.24, 2.45) is 5.73 Å². The van der Waals surface area contributed by atoms with E-state index >= 15 is 0 Å². The first-order chi connectivity index (χ1) is 9.61. The van der Waals surface area contributed by atoms with Gasteiger partial charge in [0.15, 0.2) is 0 Å². The van der Waals surface area contributed by atoms with Crippen LogP contribution in [-0.4, -0.2) is 21.7 Å². The van der Waals surface area contributed by atoms with Crippen LogP contribution in [0.5, 0.6) is 0 Å². The summed E-state index contributed by atoms with van der Waals surface area (Å²) < 4.78 is 0. The highest BCUT2D eigenvalue weighted by molar-refractivity contribution is 8.01. The number of benzene rings is 1. The molecule has 0 bridgehead atoms. The molecule has 3 N–H and O–H groups in total. The topological polar surface area (TPSA) is 55.1 Å². The molecule has 1 fully saturated rings. The summed E-state index contributed by atoms with van der Waals surface area (Å²) >= 11 is 6.83.